The smallest absolute Gasteiger partial charge is 0.229 e. The summed E-state index contributed by atoms with van der Waals surface area (Å²) in [6, 6.07) is 5.51. The zero-order valence-corrected chi connectivity index (χ0v) is 17.2. The molecule has 1 aliphatic heterocycles. The van der Waals surface area contributed by atoms with Crippen LogP contribution in [0, 0.1) is 6.92 Å². The molecule has 0 bridgehead atoms. The third kappa shape index (κ3) is 3.42. The minimum Gasteiger partial charge on any atom is -0.507 e. The van der Waals surface area contributed by atoms with Crippen molar-refractivity contribution < 1.29 is 49.3 Å². The van der Waals surface area contributed by atoms with Gasteiger partial charge in [-0.1, -0.05) is 0 Å². The average Bonchev–Trinajstić information content (AvgIpc) is 2.76. The van der Waals surface area contributed by atoms with Gasteiger partial charge in [0.05, 0.1) is 24.8 Å². The Morgan fingerprint density at radius 1 is 0.938 bits per heavy atom. The number of benzene rings is 2. The number of aliphatic hydroxyl groups is 4. The van der Waals surface area contributed by atoms with Gasteiger partial charge < -0.3 is 39.7 Å². The van der Waals surface area contributed by atoms with E-state index in [1.165, 1.54) is 31.4 Å². The number of aryl methyl sites for hydroxylation is 1. The van der Waals surface area contributed by atoms with Gasteiger partial charge in [0.25, 0.3) is 0 Å². The molecule has 2 aliphatic rings. The van der Waals surface area contributed by atoms with Crippen molar-refractivity contribution in [1.29, 1.82) is 0 Å². The fourth-order valence-corrected chi connectivity index (χ4v) is 3.96. The number of hydrogen-bond acceptors (Lipinski definition) is 10. The lowest BCUT2D eigenvalue weighted by atomic mass is 9.82. The van der Waals surface area contributed by atoms with Crippen LogP contribution in [0.15, 0.2) is 24.3 Å². The molecule has 10 nitrogen and oxygen atoms in total. The van der Waals surface area contributed by atoms with Gasteiger partial charge in [-0.25, -0.2) is 0 Å². The fourth-order valence-electron chi connectivity index (χ4n) is 3.96. The molecule has 5 atom stereocenters. The minimum atomic E-state index is -1.71. The van der Waals surface area contributed by atoms with Gasteiger partial charge in [0, 0.05) is 17.2 Å². The summed E-state index contributed by atoms with van der Waals surface area (Å²) in [5.74, 6) is -1.58. The first-order valence-corrected chi connectivity index (χ1v) is 9.80. The highest BCUT2D eigenvalue weighted by molar-refractivity contribution is 6.30. The van der Waals surface area contributed by atoms with E-state index in [9.17, 15) is 35.1 Å². The zero-order chi connectivity index (χ0) is 23.3. The van der Waals surface area contributed by atoms with Crippen LogP contribution in [0.25, 0.3) is 0 Å². The highest BCUT2D eigenvalue weighted by Gasteiger charge is 2.45. The van der Waals surface area contributed by atoms with Crippen LogP contribution in [-0.2, 0) is 4.74 Å². The number of carbonyl (C=O) groups excluding carboxylic acids is 2. The Morgan fingerprint density at radius 3 is 2.28 bits per heavy atom. The number of ether oxygens (including phenoxy) is 3. The van der Waals surface area contributed by atoms with Gasteiger partial charge in [0.15, 0.2) is 5.78 Å². The molecule has 0 unspecified atom stereocenters. The molecule has 1 heterocycles. The van der Waals surface area contributed by atoms with Gasteiger partial charge in [0.1, 0.15) is 41.7 Å². The van der Waals surface area contributed by atoms with E-state index in [0.29, 0.717) is 5.56 Å². The summed E-state index contributed by atoms with van der Waals surface area (Å²) in [6.45, 7) is 1.01. The molecule has 1 aliphatic carbocycles. The molecular weight excluding hydrogens is 424 g/mol. The van der Waals surface area contributed by atoms with E-state index >= 15 is 0 Å². The summed E-state index contributed by atoms with van der Waals surface area (Å²) in [5.41, 5.74) is 0.190. The maximum Gasteiger partial charge on any atom is 0.229 e. The molecule has 0 amide bonds. The largest absolute Gasteiger partial charge is 0.507 e. The molecule has 2 aromatic carbocycles. The summed E-state index contributed by atoms with van der Waals surface area (Å²) >= 11 is 0. The van der Waals surface area contributed by atoms with E-state index in [1.54, 1.807) is 6.92 Å². The summed E-state index contributed by atoms with van der Waals surface area (Å²) in [7, 11) is 1.36. The van der Waals surface area contributed by atoms with Gasteiger partial charge in [-0.2, -0.15) is 0 Å². The number of hydrogen-bond donors (Lipinski definition) is 5. The van der Waals surface area contributed by atoms with Gasteiger partial charge in [-0.3, -0.25) is 9.59 Å². The van der Waals surface area contributed by atoms with Crippen molar-refractivity contribution in [1.82, 2.24) is 0 Å². The molecule has 32 heavy (non-hydrogen) atoms. The van der Waals surface area contributed by atoms with Crippen molar-refractivity contribution in [3.05, 3.63) is 52.1 Å². The monoisotopic (exact) mass is 446 g/mol. The summed E-state index contributed by atoms with van der Waals surface area (Å²) in [4.78, 5) is 26.5. The molecule has 1 fully saturated rings. The van der Waals surface area contributed by atoms with Gasteiger partial charge in [0.2, 0.25) is 12.1 Å². The molecule has 10 heteroatoms. The minimum absolute atomic E-state index is 0.0229. The Kier molecular flexibility index (Phi) is 5.65. The van der Waals surface area contributed by atoms with Crippen molar-refractivity contribution in [2.75, 3.05) is 13.7 Å². The van der Waals surface area contributed by atoms with E-state index in [0.717, 1.165) is 0 Å². The van der Waals surface area contributed by atoms with Crippen LogP contribution in [0.4, 0.5) is 0 Å². The van der Waals surface area contributed by atoms with Crippen molar-refractivity contribution in [3.63, 3.8) is 0 Å². The third-order valence-corrected chi connectivity index (χ3v) is 5.61. The molecule has 0 radical (unpaired) electrons. The Morgan fingerprint density at radius 2 is 1.62 bits per heavy atom. The molecule has 0 aromatic heterocycles. The number of ketones is 2. The normalized spacial score (nSPS) is 27.0. The highest BCUT2D eigenvalue weighted by Crippen LogP contribution is 2.40. The first-order valence-electron chi connectivity index (χ1n) is 9.80. The first kappa shape index (κ1) is 22.2. The second-order valence-corrected chi connectivity index (χ2v) is 7.73. The number of methoxy groups -OCH3 is 1. The van der Waals surface area contributed by atoms with Crippen molar-refractivity contribution >= 4 is 11.6 Å². The molecular formula is C22H22O10. The molecule has 4 rings (SSSR count). The van der Waals surface area contributed by atoms with Crippen LogP contribution < -0.4 is 9.47 Å². The predicted molar refractivity (Wildman–Crippen MR) is 107 cm³/mol. The Balaban J connectivity index is 1.79. The number of carbonyl (C=O) groups is 2. The molecule has 170 valence electrons. The second kappa shape index (κ2) is 8.15. The quantitative estimate of drug-likeness (QED) is 0.358. The van der Waals surface area contributed by atoms with Gasteiger partial charge in [-0.15, -0.1) is 0 Å². The molecule has 1 saturated heterocycles. The third-order valence-electron chi connectivity index (χ3n) is 5.61. The average molecular weight is 446 g/mol. The number of phenols is 1. The van der Waals surface area contributed by atoms with E-state index in [2.05, 4.69) is 0 Å². The summed E-state index contributed by atoms with van der Waals surface area (Å²) in [6.07, 6.45) is -7.73. The van der Waals surface area contributed by atoms with Crippen molar-refractivity contribution in [2.45, 2.75) is 37.6 Å². The first-order chi connectivity index (χ1) is 15.2. The van der Waals surface area contributed by atoms with Crippen LogP contribution in [0.1, 0.15) is 37.4 Å². The maximum absolute atomic E-state index is 13.3. The lowest BCUT2D eigenvalue weighted by molar-refractivity contribution is -0.277. The topological polar surface area (TPSA) is 163 Å². The lowest BCUT2D eigenvalue weighted by Crippen LogP contribution is -2.60. The Bertz CT molecular complexity index is 1090. The zero-order valence-electron chi connectivity index (χ0n) is 17.2. The van der Waals surface area contributed by atoms with E-state index in [4.69, 9.17) is 14.2 Å². The number of aromatic hydroxyl groups is 1. The van der Waals surface area contributed by atoms with Crippen LogP contribution in [0.2, 0.25) is 0 Å². The molecule has 0 saturated carbocycles. The molecule has 2 aromatic rings. The maximum atomic E-state index is 13.3. The number of aliphatic hydroxyl groups excluding tert-OH is 4. The summed E-state index contributed by atoms with van der Waals surface area (Å²) in [5, 5.41) is 50.0. The van der Waals surface area contributed by atoms with Crippen LogP contribution in [-0.4, -0.2) is 81.5 Å². The second-order valence-electron chi connectivity index (χ2n) is 7.73. The highest BCUT2D eigenvalue weighted by atomic mass is 16.7. The Labute approximate surface area is 182 Å². The predicted octanol–water partition coefficient (Wildman–Crippen LogP) is -0.337. The van der Waals surface area contributed by atoms with E-state index < -0.39 is 54.6 Å². The SMILES string of the molecule is COc1cc(O)c2c(c1)C(=O)c1cc(C)cc(O[C@@H]3O[C@H](CO)[C@@H](O)[C@@H](O)[C@H]3O)c1C2=O. The van der Waals surface area contributed by atoms with Crippen LogP contribution >= 0.6 is 0 Å². The Hall–Kier alpha value is -3.02. The van der Waals surface area contributed by atoms with Crippen molar-refractivity contribution in [2.24, 2.45) is 0 Å². The standard InChI is InChI=1S/C22H22O10/c1-8-3-10-16(19(27)15-11(17(10)25)5-9(30-2)6-12(15)24)13(4-8)31-22-21(29)20(28)18(26)14(7-23)32-22/h3-6,14,18,20-24,26,28-29H,7H2,1-2H3/t14-,18-,20-,21-,22-/m1/s1. The number of fused-ring (bicyclic) bond motifs is 2. The molecule has 0 spiro atoms. The molecule has 5 N–H and O–H groups in total. The van der Waals surface area contributed by atoms with E-state index in [-0.39, 0.29) is 33.8 Å². The van der Waals surface area contributed by atoms with Crippen LogP contribution in [0.5, 0.6) is 17.2 Å². The van der Waals surface area contributed by atoms with Crippen LogP contribution in [0.3, 0.4) is 0 Å². The lowest BCUT2D eigenvalue weighted by Gasteiger charge is -2.39. The van der Waals surface area contributed by atoms with E-state index in [1.807, 2.05) is 0 Å². The number of phenolic OH excluding ortho intramolecular Hbond substituents is 1. The number of rotatable bonds is 4. The van der Waals surface area contributed by atoms with Gasteiger partial charge >= 0.3 is 0 Å². The van der Waals surface area contributed by atoms with Crippen molar-refractivity contribution in [3.8, 4) is 17.2 Å². The summed E-state index contributed by atoms with van der Waals surface area (Å²) < 4.78 is 16.1. The van der Waals surface area contributed by atoms with Gasteiger partial charge in [-0.05, 0) is 30.7 Å². The fraction of sp³-hybridized carbons (Fsp3) is 0.364.